The molecule has 3 nitrogen and oxygen atoms in total. The van der Waals surface area contributed by atoms with Gasteiger partial charge in [0.05, 0.1) is 0 Å². The van der Waals surface area contributed by atoms with Crippen LogP contribution in [0.4, 0.5) is 4.39 Å². The number of benzene rings is 1. The number of hydrogen-bond acceptors (Lipinski definition) is 2. The van der Waals surface area contributed by atoms with Crippen molar-refractivity contribution < 1.29 is 9.18 Å². The predicted molar refractivity (Wildman–Crippen MR) is 80.1 cm³/mol. The third-order valence-corrected chi connectivity index (χ3v) is 3.29. The fourth-order valence-electron chi connectivity index (χ4n) is 1.96. The molecule has 0 saturated carbocycles. The summed E-state index contributed by atoms with van der Waals surface area (Å²) in [5.41, 5.74) is 0.646. The molecule has 0 aliphatic heterocycles. The minimum absolute atomic E-state index is 0.0321. The second-order valence-corrected chi connectivity index (χ2v) is 5.10. The number of amides is 1. The van der Waals surface area contributed by atoms with Crippen LogP contribution in [-0.4, -0.2) is 37.5 Å². The fourth-order valence-corrected chi connectivity index (χ4v) is 1.96. The molecule has 20 heavy (non-hydrogen) atoms. The number of unbranched alkanes of at least 4 members (excludes halogenated alkanes) is 1. The SMILES string of the molecule is CCCCN(C)CCC(=O)NCCc1ccccc1F. The molecule has 0 aromatic heterocycles. The molecular formula is C16H25FN2O. The Morgan fingerprint density at radius 2 is 2.05 bits per heavy atom. The fraction of sp³-hybridized carbons (Fsp3) is 0.562. The van der Waals surface area contributed by atoms with Gasteiger partial charge in [-0.25, -0.2) is 4.39 Å². The summed E-state index contributed by atoms with van der Waals surface area (Å²) < 4.78 is 13.4. The van der Waals surface area contributed by atoms with Crippen molar-refractivity contribution in [2.45, 2.75) is 32.6 Å². The van der Waals surface area contributed by atoms with Crippen LogP contribution in [0.1, 0.15) is 31.7 Å². The maximum Gasteiger partial charge on any atom is 0.221 e. The maximum absolute atomic E-state index is 13.4. The van der Waals surface area contributed by atoms with Crippen LogP contribution >= 0.6 is 0 Å². The highest BCUT2D eigenvalue weighted by atomic mass is 19.1. The number of carbonyl (C=O) groups is 1. The Kier molecular flexibility index (Phi) is 7.88. The number of nitrogens with one attached hydrogen (secondary N) is 1. The van der Waals surface area contributed by atoms with Gasteiger partial charge in [0.1, 0.15) is 5.82 Å². The molecule has 1 N–H and O–H groups in total. The smallest absolute Gasteiger partial charge is 0.221 e. The third-order valence-electron chi connectivity index (χ3n) is 3.29. The van der Waals surface area contributed by atoms with E-state index in [0.29, 0.717) is 24.9 Å². The van der Waals surface area contributed by atoms with E-state index in [-0.39, 0.29) is 11.7 Å². The normalized spacial score (nSPS) is 10.8. The van der Waals surface area contributed by atoms with Crippen molar-refractivity contribution in [3.8, 4) is 0 Å². The van der Waals surface area contributed by atoms with Crippen molar-refractivity contribution in [2.75, 3.05) is 26.7 Å². The molecule has 1 aromatic carbocycles. The van der Waals surface area contributed by atoms with Gasteiger partial charge >= 0.3 is 0 Å². The highest BCUT2D eigenvalue weighted by molar-refractivity contribution is 5.76. The van der Waals surface area contributed by atoms with Gasteiger partial charge in [-0.2, -0.15) is 0 Å². The van der Waals surface area contributed by atoms with Gasteiger partial charge in [0, 0.05) is 19.5 Å². The van der Waals surface area contributed by atoms with Crippen LogP contribution in [0.15, 0.2) is 24.3 Å². The summed E-state index contributed by atoms with van der Waals surface area (Å²) in [5.74, 6) is -0.175. The highest BCUT2D eigenvalue weighted by Gasteiger charge is 2.05. The van der Waals surface area contributed by atoms with Crippen LogP contribution in [0, 0.1) is 5.82 Å². The largest absolute Gasteiger partial charge is 0.356 e. The van der Waals surface area contributed by atoms with E-state index < -0.39 is 0 Å². The number of rotatable bonds is 9. The lowest BCUT2D eigenvalue weighted by atomic mass is 10.1. The van der Waals surface area contributed by atoms with Gasteiger partial charge in [0.25, 0.3) is 0 Å². The first-order valence-corrected chi connectivity index (χ1v) is 7.32. The molecule has 1 amide bonds. The molecule has 4 heteroatoms. The first-order valence-electron chi connectivity index (χ1n) is 7.32. The van der Waals surface area contributed by atoms with Crippen LogP contribution in [0.5, 0.6) is 0 Å². The standard InChI is InChI=1S/C16H25FN2O/c1-3-4-12-19(2)13-10-16(20)18-11-9-14-7-5-6-8-15(14)17/h5-8H,3-4,9-13H2,1-2H3,(H,18,20). The molecule has 0 fully saturated rings. The topological polar surface area (TPSA) is 32.3 Å². The van der Waals surface area contributed by atoms with Gasteiger partial charge in [-0.3, -0.25) is 4.79 Å². The van der Waals surface area contributed by atoms with Crippen LogP contribution in [0.2, 0.25) is 0 Å². The van der Waals surface area contributed by atoms with Crippen molar-refractivity contribution in [1.29, 1.82) is 0 Å². The van der Waals surface area contributed by atoms with Crippen LogP contribution < -0.4 is 5.32 Å². The highest BCUT2D eigenvalue weighted by Crippen LogP contribution is 2.06. The summed E-state index contributed by atoms with van der Waals surface area (Å²) in [6, 6.07) is 6.67. The zero-order valence-electron chi connectivity index (χ0n) is 12.5. The van der Waals surface area contributed by atoms with Gasteiger partial charge in [-0.05, 0) is 38.1 Å². The Labute approximate surface area is 121 Å². The Hall–Kier alpha value is -1.42. The van der Waals surface area contributed by atoms with E-state index in [1.165, 1.54) is 12.5 Å². The van der Waals surface area contributed by atoms with Crippen LogP contribution in [-0.2, 0) is 11.2 Å². The Balaban J connectivity index is 2.16. The van der Waals surface area contributed by atoms with Crippen LogP contribution in [0.3, 0.4) is 0 Å². The lowest BCUT2D eigenvalue weighted by Gasteiger charge is -2.15. The molecule has 112 valence electrons. The molecular weight excluding hydrogens is 255 g/mol. The van der Waals surface area contributed by atoms with Crippen molar-refractivity contribution in [1.82, 2.24) is 10.2 Å². The van der Waals surface area contributed by atoms with Crippen molar-refractivity contribution in [3.05, 3.63) is 35.6 Å². The molecule has 0 spiro atoms. The van der Waals surface area contributed by atoms with E-state index in [2.05, 4.69) is 17.1 Å². The minimum atomic E-state index is -0.207. The predicted octanol–water partition coefficient (Wildman–Crippen LogP) is 2.61. The lowest BCUT2D eigenvalue weighted by molar-refractivity contribution is -0.121. The van der Waals surface area contributed by atoms with Gasteiger partial charge in [-0.15, -0.1) is 0 Å². The zero-order chi connectivity index (χ0) is 14.8. The Bertz CT molecular complexity index is 409. The summed E-state index contributed by atoms with van der Waals surface area (Å²) in [6.45, 7) is 4.44. The van der Waals surface area contributed by atoms with Gasteiger partial charge in [0.2, 0.25) is 5.91 Å². The molecule has 1 rings (SSSR count). The summed E-state index contributed by atoms with van der Waals surface area (Å²) in [7, 11) is 2.03. The summed E-state index contributed by atoms with van der Waals surface area (Å²) in [6.07, 6.45) is 3.35. The number of halogens is 1. The molecule has 0 radical (unpaired) electrons. The molecule has 1 aromatic rings. The number of nitrogens with zero attached hydrogens (tertiary/aromatic N) is 1. The quantitative estimate of drug-likeness (QED) is 0.754. The number of hydrogen-bond donors (Lipinski definition) is 1. The second-order valence-electron chi connectivity index (χ2n) is 5.10. The molecule has 0 atom stereocenters. The molecule has 0 heterocycles. The van der Waals surface area contributed by atoms with E-state index >= 15 is 0 Å². The van der Waals surface area contributed by atoms with E-state index in [0.717, 1.165) is 19.5 Å². The molecule has 0 unspecified atom stereocenters. The summed E-state index contributed by atoms with van der Waals surface area (Å²) in [4.78, 5) is 13.8. The first kappa shape index (κ1) is 16.6. The van der Waals surface area contributed by atoms with Gasteiger partial charge in [0.15, 0.2) is 0 Å². The Morgan fingerprint density at radius 3 is 2.75 bits per heavy atom. The van der Waals surface area contributed by atoms with Gasteiger partial charge < -0.3 is 10.2 Å². The third kappa shape index (κ3) is 6.66. The van der Waals surface area contributed by atoms with E-state index in [9.17, 15) is 9.18 Å². The molecule has 0 bridgehead atoms. The second kappa shape index (κ2) is 9.48. The van der Waals surface area contributed by atoms with Crippen molar-refractivity contribution in [3.63, 3.8) is 0 Å². The number of carbonyl (C=O) groups excluding carboxylic acids is 1. The Morgan fingerprint density at radius 1 is 1.30 bits per heavy atom. The lowest BCUT2D eigenvalue weighted by Crippen LogP contribution is -2.30. The maximum atomic E-state index is 13.4. The van der Waals surface area contributed by atoms with Crippen molar-refractivity contribution in [2.24, 2.45) is 0 Å². The summed E-state index contributed by atoms with van der Waals surface area (Å²) in [5, 5.41) is 2.84. The molecule has 0 saturated heterocycles. The minimum Gasteiger partial charge on any atom is -0.356 e. The van der Waals surface area contributed by atoms with Crippen LogP contribution in [0.25, 0.3) is 0 Å². The van der Waals surface area contributed by atoms with Crippen molar-refractivity contribution >= 4 is 5.91 Å². The summed E-state index contributed by atoms with van der Waals surface area (Å²) >= 11 is 0. The monoisotopic (exact) mass is 280 g/mol. The molecule has 0 aliphatic carbocycles. The molecule has 0 aliphatic rings. The first-order chi connectivity index (χ1) is 9.63. The average Bonchev–Trinajstić information content (AvgIpc) is 2.45. The van der Waals surface area contributed by atoms with E-state index in [4.69, 9.17) is 0 Å². The average molecular weight is 280 g/mol. The van der Waals surface area contributed by atoms with Gasteiger partial charge in [-0.1, -0.05) is 31.5 Å². The zero-order valence-corrected chi connectivity index (χ0v) is 12.5. The van der Waals surface area contributed by atoms with E-state index in [1.807, 2.05) is 13.1 Å². The van der Waals surface area contributed by atoms with E-state index in [1.54, 1.807) is 12.1 Å².